The first-order valence-electron chi connectivity index (χ1n) is 7.29. The van der Waals surface area contributed by atoms with Crippen molar-refractivity contribution >= 4 is 17.3 Å². The van der Waals surface area contributed by atoms with Crippen LogP contribution in [0.4, 0.5) is 5.69 Å². The Balaban J connectivity index is 2.20. The van der Waals surface area contributed by atoms with Gasteiger partial charge in [0.25, 0.3) is 0 Å². The highest BCUT2D eigenvalue weighted by molar-refractivity contribution is 6.31. The van der Waals surface area contributed by atoms with Crippen LogP contribution < -0.4 is 4.90 Å². The average Bonchev–Trinajstić information content (AvgIpc) is 2.53. The van der Waals surface area contributed by atoms with Crippen LogP contribution in [0.1, 0.15) is 43.5 Å². The van der Waals surface area contributed by atoms with Crippen molar-refractivity contribution in [2.24, 2.45) is 0 Å². The number of aliphatic hydroxyl groups is 1. The molecule has 0 radical (unpaired) electrons. The van der Waals surface area contributed by atoms with Gasteiger partial charge in [0.2, 0.25) is 0 Å². The van der Waals surface area contributed by atoms with E-state index in [1.807, 2.05) is 49.4 Å². The lowest BCUT2D eigenvalue weighted by Gasteiger charge is -2.28. The zero-order valence-corrected chi connectivity index (χ0v) is 13.5. The van der Waals surface area contributed by atoms with Crippen molar-refractivity contribution < 1.29 is 5.11 Å². The first-order valence-corrected chi connectivity index (χ1v) is 7.67. The molecule has 2 aromatic carbocycles. The van der Waals surface area contributed by atoms with Gasteiger partial charge in [-0.25, -0.2) is 0 Å². The summed E-state index contributed by atoms with van der Waals surface area (Å²) in [6, 6.07) is 16.2. The van der Waals surface area contributed by atoms with Gasteiger partial charge in [0.1, 0.15) is 0 Å². The predicted molar refractivity (Wildman–Crippen MR) is 90.0 cm³/mol. The van der Waals surface area contributed by atoms with E-state index in [4.69, 9.17) is 11.6 Å². The van der Waals surface area contributed by atoms with Gasteiger partial charge in [-0.05, 0) is 42.7 Å². The summed E-state index contributed by atoms with van der Waals surface area (Å²) >= 11 is 6.28. The van der Waals surface area contributed by atoms with Crippen LogP contribution in [0.25, 0.3) is 0 Å². The lowest BCUT2D eigenvalue weighted by Crippen LogP contribution is -2.21. The first kappa shape index (κ1) is 15.9. The number of rotatable bonds is 5. The maximum absolute atomic E-state index is 9.85. The molecule has 0 spiro atoms. The Labute approximate surface area is 132 Å². The maximum atomic E-state index is 9.85. The molecule has 2 atom stereocenters. The average molecular weight is 304 g/mol. The van der Waals surface area contributed by atoms with Crippen LogP contribution in [0.3, 0.4) is 0 Å². The summed E-state index contributed by atoms with van der Waals surface area (Å²) < 4.78 is 0. The summed E-state index contributed by atoms with van der Waals surface area (Å²) in [4.78, 5) is 2.18. The van der Waals surface area contributed by atoms with Gasteiger partial charge in [0, 0.05) is 17.8 Å². The van der Waals surface area contributed by atoms with Gasteiger partial charge in [-0.2, -0.15) is 0 Å². The fourth-order valence-electron chi connectivity index (χ4n) is 2.41. The highest BCUT2D eigenvalue weighted by Gasteiger charge is 2.15. The van der Waals surface area contributed by atoms with Gasteiger partial charge in [0.05, 0.1) is 12.1 Å². The van der Waals surface area contributed by atoms with Crippen LogP contribution in [-0.2, 0) is 0 Å². The van der Waals surface area contributed by atoms with Crippen molar-refractivity contribution in [2.75, 3.05) is 11.9 Å². The van der Waals surface area contributed by atoms with E-state index in [1.165, 1.54) is 0 Å². The summed E-state index contributed by atoms with van der Waals surface area (Å²) in [5.74, 6) is 0. The fraction of sp³-hybridized carbons (Fsp3) is 0.333. The molecule has 0 saturated heterocycles. The molecular formula is C18H22ClNO. The highest BCUT2D eigenvalue weighted by atomic mass is 35.5. The summed E-state index contributed by atoms with van der Waals surface area (Å²) in [6.07, 6.45) is 0.343. The van der Waals surface area contributed by atoms with Crippen molar-refractivity contribution in [1.29, 1.82) is 0 Å². The largest absolute Gasteiger partial charge is 0.388 e. The van der Waals surface area contributed by atoms with Gasteiger partial charge < -0.3 is 10.0 Å². The lowest BCUT2D eigenvalue weighted by molar-refractivity contribution is 0.173. The normalized spacial score (nSPS) is 13.8. The van der Waals surface area contributed by atoms with Crippen LogP contribution in [0, 0.1) is 0 Å². The van der Waals surface area contributed by atoms with E-state index in [2.05, 4.69) is 24.9 Å². The second-order valence-corrected chi connectivity index (χ2v) is 5.73. The quantitative estimate of drug-likeness (QED) is 0.842. The van der Waals surface area contributed by atoms with Crippen molar-refractivity contribution in [3.63, 3.8) is 0 Å². The lowest BCUT2D eigenvalue weighted by atomic mass is 10.0. The number of hydrogen-bond acceptors (Lipinski definition) is 2. The minimum atomic E-state index is -0.384. The Morgan fingerprint density at radius 2 is 1.71 bits per heavy atom. The molecule has 0 aliphatic rings. The SMILES string of the molecule is CC[C@@H](O)c1ccc(N(C)C(C)c2ccccc2Cl)cc1. The minimum Gasteiger partial charge on any atom is -0.388 e. The monoisotopic (exact) mass is 303 g/mol. The second-order valence-electron chi connectivity index (χ2n) is 5.32. The Bertz CT molecular complexity index is 582. The van der Waals surface area contributed by atoms with Crippen LogP contribution in [0.15, 0.2) is 48.5 Å². The van der Waals surface area contributed by atoms with E-state index in [1.54, 1.807) is 0 Å². The number of halogens is 1. The van der Waals surface area contributed by atoms with Crippen LogP contribution >= 0.6 is 11.6 Å². The van der Waals surface area contributed by atoms with Gasteiger partial charge >= 0.3 is 0 Å². The summed E-state index contributed by atoms with van der Waals surface area (Å²) in [5.41, 5.74) is 3.17. The van der Waals surface area contributed by atoms with Crippen molar-refractivity contribution in [3.8, 4) is 0 Å². The van der Waals surface area contributed by atoms with E-state index in [9.17, 15) is 5.11 Å². The number of nitrogens with zero attached hydrogens (tertiary/aromatic N) is 1. The molecule has 0 aliphatic carbocycles. The third kappa shape index (κ3) is 3.58. The molecular weight excluding hydrogens is 282 g/mol. The number of benzene rings is 2. The number of aliphatic hydroxyl groups excluding tert-OH is 1. The second kappa shape index (κ2) is 6.97. The molecule has 0 aromatic heterocycles. The summed E-state index contributed by atoms with van der Waals surface area (Å²) in [7, 11) is 2.05. The third-order valence-corrected chi connectivity index (χ3v) is 4.35. The van der Waals surface area contributed by atoms with Gasteiger partial charge in [-0.1, -0.05) is 48.9 Å². The Morgan fingerprint density at radius 1 is 1.10 bits per heavy atom. The van der Waals surface area contributed by atoms with Crippen molar-refractivity contribution in [2.45, 2.75) is 32.4 Å². The predicted octanol–water partition coefficient (Wildman–Crippen LogP) is 4.98. The van der Waals surface area contributed by atoms with Crippen molar-refractivity contribution in [3.05, 3.63) is 64.7 Å². The molecule has 2 nitrogen and oxygen atoms in total. The Hall–Kier alpha value is -1.51. The number of hydrogen-bond donors (Lipinski definition) is 1. The van der Waals surface area contributed by atoms with Gasteiger partial charge in [-0.15, -0.1) is 0 Å². The standard InChI is InChI=1S/C18H22ClNO/c1-4-18(21)14-9-11-15(12-10-14)20(3)13(2)16-7-5-6-8-17(16)19/h5-13,18,21H,4H2,1-3H3/t13?,18-/m1/s1. The van der Waals surface area contributed by atoms with Gasteiger partial charge in [-0.3, -0.25) is 0 Å². The van der Waals surface area contributed by atoms with E-state index in [0.29, 0.717) is 0 Å². The number of anilines is 1. The first-order chi connectivity index (χ1) is 10.0. The molecule has 1 unspecified atom stereocenters. The molecule has 2 rings (SSSR count). The molecule has 21 heavy (non-hydrogen) atoms. The maximum Gasteiger partial charge on any atom is 0.0787 e. The molecule has 1 N–H and O–H groups in total. The molecule has 112 valence electrons. The molecule has 0 saturated carbocycles. The molecule has 3 heteroatoms. The molecule has 0 bridgehead atoms. The molecule has 2 aromatic rings. The molecule has 0 fully saturated rings. The summed E-state index contributed by atoms with van der Waals surface area (Å²) in [6.45, 7) is 4.11. The van der Waals surface area contributed by atoms with E-state index in [0.717, 1.165) is 28.3 Å². The molecule has 0 aliphatic heterocycles. The Kier molecular flexibility index (Phi) is 5.27. The van der Waals surface area contributed by atoms with Crippen LogP contribution in [0.5, 0.6) is 0 Å². The minimum absolute atomic E-state index is 0.181. The topological polar surface area (TPSA) is 23.5 Å². The third-order valence-electron chi connectivity index (χ3n) is 4.01. The van der Waals surface area contributed by atoms with E-state index in [-0.39, 0.29) is 12.1 Å². The molecule has 0 amide bonds. The highest BCUT2D eigenvalue weighted by Crippen LogP contribution is 2.30. The van der Waals surface area contributed by atoms with Crippen LogP contribution in [-0.4, -0.2) is 12.2 Å². The summed E-state index contributed by atoms with van der Waals surface area (Å²) in [5, 5.41) is 10.6. The smallest absolute Gasteiger partial charge is 0.0787 e. The van der Waals surface area contributed by atoms with E-state index >= 15 is 0 Å². The fourth-order valence-corrected chi connectivity index (χ4v) is 2.71. The zero-order valence-electron chi connectivity index (χ0n) is 12.8. The van der Waals surface area contributed by atoms with Crippen molar-refractivity contribution in [1.82, 2.24) is 0 Å². The zero-order chi connectivity index (χ0) is 15.4. The van der Waals surface area contributed by atoms with Crippen LogP contribution in [0.2, 0.25) is 5.02 Å². The van der Waals surface area contributed by atoms with Gasteiger partial charge in [0.15, 0.2) is 0 Å². The molecule has 0 heterocycles. The Morgan fingerprint density at radius 3 is 2.29 bits per heavy atom. The van der Waals surface area contributed by atoms with E-state index < -0.39 is 0 Å².